The Hall–Kier alpha value is -1.99. The first-order valence-electron chi connectivity index (χ1n) is 6.82. The van der Waals surface area contributed by atoms with Gasteiger partial charge in [-0.1, -0.05) is 30.4 Å². The van der Waals surface area contributed by atoms with E-state index in [1.54, 1.807) is 38.1 Å². The Morgan fingerprint density at radius 3 is 2.36 bits per heavy atom. The van der Waals surface area contributed by atoms with E-state index in [1.807, 2.05) is 6.07 Å². The van der Waals surface area contributed by atoms with Crippen LogP contribution in [0.25, 0.3) is 0 Å². The molecular formula is C15H21N3O3S. The van der Waals surface area contributed by atoms with Crippen LogP contribution in [0, 0.1) is 0 Å². The van der Waals surface area contributed by atoms with E-state index in [4.69, 9.17) is 12.2 Å². The first kappa shape index (κ1) is 18.1. The Bertz CT molecular complexity index is 546. The number of benzene rings is 1. The van der Waals surface area contributed by atoms with Crippen LogP contribution >= 0.6 is 12.2 Å². The van der Waals surface area contributed by atoms with Crippen molar-refractivity contribution in [2.24, 2.45) is 0 Å². The summed E-state index contributed by atoms with van der Waals surface area (Å²) in [5.74, 6) is -0.648. The molecule has 1 rings (SSSR count). The number of likely N-dealkylation sites (N-methyl/N-ethyl adjacent to an activating group) is 1. The van der Waals surface area contributed by atoms with Crippen LogP contribution in [0.5, 0.6) is 0 Å². The van der Waals surface area contributed by atoms with Crippen molar-refractivity contribution in [3.8, 4) is 0 Å². The molecule has 0 aromatic heterocycles. The molecule has 0 bridgehead atoms. The fourth-order valence-corrected chi connectivity index (χ4v) is 1.90. The van der Waals surface area contributed by atoms with Crippen LogP contribution in [0.3, 0.4) is 0 Å². The van der Waals surface area contributed by atoms with Crippen molar-refractivity contribution in [1.82, 2.24) is 16.0 Å². The minimum absolute atomic E-state index is 0.263. The van der Waals surface area contributed by atoms with E-state index in [2.05, 4.69) is 16.0 Å². The molecule has 6 nitrogen and oxygen atoms in total. The molecular weight excluding hydrogens is 302 g/mol. The minimum Gasteiger partial charge on any atom is -0.394 e. The highest BCUT2D eigenvalue weighted by Gasteiger charge is 2.29. The Morgan fingerprint density at radius 1 is 1.27 bits per heavy atom. The smallest absolute Gasteiger partial charge is 0.252 e. The topological polar surface area (TPSA) is 90.5 Å². The van der Waals surface area contributed by atoms with Gasteiger partial charge in [0.1, 0.15) is 11.0 Å². The normalized spacial score (nSPS) is 12.2. The average molecular weight is 323 g/mol. The zero-order valence-corrected chi connectivity index (χ0v) is 13.7. The lowest BCUT2D eigenvalue weighted by molar-refractivity contribution is -0.123. The number of carbonyl (C=O) groups excluding carboxylic acids is 2. The number of amides is 2. The summed E-state index contributed by atoms with van der Waals surface area (Å²) in [6.45, 7) is 3.05. The van der Waals surface area contributed by atoms with Crippen LogP contribution in [0.1, 0.15) is 24.2 Å². The fraction of sp³-hybridized carbons (Fsp3) is 0.400. The molecule has 0 saturated heterocycles. The molecule has 22 heavy (non-hydrogen) atoms. The number of carbonyl (C=O) groups is 2. The second-order valence-electron chi connectivity index (χ2n) is 5.27. The Kier molecular flexibility index (Phi) is 6.45. The van der Waals surface area contributed by atoms with Crippen LogP contribution < -0.4 is 16.0 Å². The molecule has 0 unspecified atom stereocenters. The monoisotopic (exact) mass is 323 g/mol. The second-order valence-corrected chi connectivity index (χ2v) is 5.68. The highest BCUT2D eigenvalue weighted by Crippen LogP contribution is 2.08. The molecule has 1 atom stereocenters. The SMILES string of the molecule is CNC(=O)[C@H](CO)NC(=S)C(C)(C)NC(=O)c1ccccc1. The number of hydrogen-bond donors (Lipinski definition) is 4. The zero-order valence-electron chi connectivity index (χ0n) is 12.8. The van der Waals surface area contributed by atoms with Gasteiger partial charge in [0.15, 0.2) is 0 Å². The zero-order chi connectivity index (χ0) is 16.8. The summed E-state index contributed by atoms with van der Waals surface area (Å²) >= 11 is 5.25. The van der Waals surface area contributed by atoms with Gasteiger partial charge < -0.3 is 21.1 Å². The minimum atomic E-state index is -0.871. The summed E-state index contributed by atoms with van der Waals surface area (Å²) in [5, 5.41) is 17.2. The van der Waals surface area contributed by atoms with Gasteiger partial charge in [0.2, 0.25) is 5.91 Å². The van der Waals surface area contributed by atoms with Gasteiger partial charge in [-0.05, 0) is 26.0 Å². The largest absolute Gasteiger partial charge is 0.394 e. The third kappa shape index (κ3) is 4.78. The first-order chi connectivity index (χ1) is 10.3. The van der Waals surface area contributed by atoms with Crippen molar-refractivity contribution >= 4 is 29.0 Å². The van der Waals surface area contributed by atoms with Crippen LogP contribution in [0.4, 0.5) is 0 Å². The van der Waals surface area contributed by atoms with E-state index in [1.165, 1.54) is 7.05 Å². The van der Waals surface area contributed by atoms with Gasteiger partial charge >= 0.3 is 0 Å². The highest BCUT2D eigenvalue weighted by atomic mass is 32.1. The van der Waals surface area contributed by atoms with Crippen molar-refractivity contribution in [3.63, 3.8) is 0 Å². The van der Waals surface area contributed by atoms with E-state index >= 15 is 0 Å². The van der Waals surface area contributed by atoms with Gasteiger partial charge in [0.25, 0.3) is 5.91 Å². The maximum absolute atomic E-state index is 12.2. The van der Waals surface area contributed by atoms with Crippen molar-refractivity contribution in [1.29, 1.82) is 0 Å². The summed E-state index contributed by atoms with van der Waals surface area (Å²) < 4.78 is 0. The number of rotatable bonds is 6. The summed E-state index contributed by atoms with van der Waals surface area (Å²) in [4.78, 5) is 24.0. The molecule has 0 fully saturated rings. The van der Waals surface area contributed by atoms with Gasteiger partial charge in [0.05, 0.1) is 12.1 Å². The predicted molar refractivity (Wildman–Crippen MR) is 88.7 cm³/mol. The molecule has 120 valence electrons. The van der Waals surface area contributed by atoms with E-state index in [0.29, 0.717) is 5.56 Å². The Morgan fingerprint density at radius 2 is 1.86 bits per heavy atom. The quantitative estimate of drug-likeness (QED) is 0.562. The number of aliphatic hydroxyl groups is 1. The molecule has 7 heteroatoms. The summed E-state index contributed by atoms with van der Waals surface area (Å²) in [6.07, 6.45) is 0. The molecule has 0 aliphatic rings. The lowest BCUT2D eigenvalue weighted by Crippen LogP contribution is -2.58. The summed E-state index contributed by atoms with van der Waals surface area (Å²) in [6, 6.07) is 7.90. The number of nitrogens with one attached hydrogen (secondary N) is 3. The highest BCUT2D eigenvalue weighted by molar-refractivity contribution is 7.80. The van der Waals surface area contributed by atoms with Crippen LogP contribution in [-0.4, -0.2) is 47.1 Å². The van der Waals surface area contributed by atoms with E-state index < -0.39 is 18.2 Å². The van der Waals surface area contributed by atoms with Gasteiger partial charge in [-0.3, -0.25) is 9.59 Å². The molecule has 2 amide bonds. The predicted octanol–water partition coefficient (Wildman–Crippen LogP) is 0.219. The van der Waals surface area contributed by atoms with Crippen molar-refractivity contribution in [3.05, 3.63) is 35.9 Å². The van der Waals surface area contributed by atoms with Gasteiger partial charge in [-0.25, -0.2) is 0 Å². The van der Waals surface area contributed by atoms with E-state index in [0.717, 1.165) is 0 Å². The van der Waals surface area contributed by atoms with Crippen molar-refractivity contribution < 1.29 is 14.7 Å². The molecule has 0 radical (unpaired) electrons. The lowest BCUT2D eigenvalue weighted by Gasteiger charge is -2.30. The summed E-state index contributed by atoms with van der Waals surface area (Å²) in [7, 11) is 1.47. The number of aliphatic hydroxyl groups excluding tert-OH is 1. The second kappa shape index (κ2) is 7.86. The Labute approximate surface area is 135 Å². The molecule has 0 aliphatic heterocycles. The molecule has 0 saturated carbocycles. The van der Waals surface area contributed by atoms with Crippen LogP contribution in [-0.2, 0) is 4.79 Å². The molecule has 0 spiro atoms. The van der Waals surface area contributed by atoms with Crippen molar-refractivity contribution in [2.75, 3.05) is 13.7 Å². The van der Waals surface area contributed by atoms with Gasteiger partial charge in [0, 0.05) is 12.6 Å². The molecule has 0 aliphatic carbocycles. The van der Waals surface area contributed by atoms with E-state index in [-0.39, 0.29) is 16.8 Å². The third-order valence-electron chi connectivity index (χ3n) is 3.08. The summed E-state index contributed by atoms with van der Waals surface area (Å²) in [5.41, 5.74) is -0.354. The lowest BCUT2D eigenvalue weighted by atomic mass is 10.0. The van der Waals surface area contributed by atoms with Gasteiger partial charge in [-0.15, -0.1) is 0 Å². The van der Waals surface area contributed by atoms with Crippen LogP contribution in [0.2, 0.25) is 0 Å². The average Bonchev–Trinajstić information content (AvgIpc) is 2.51. The molecule has 0 heterocycles. The first-order valence-corrected chi connectivity index (χ1v) is 7.23. The molecule has 1 aromatic carbocycles. The maximum Gasteiger partial charge on any atom is 0.252 e. The maximum atomic E-state index is 12.2. The molecule has 4 N–H and O–H groups in total. The van der Waals surface area contributed by atoms with Crippen LogP contribution in [0.15, 0.2) is 30.3 Å². The fourth-order valence-electron chi connectivity index (χ4n) is 1.71. The van der Waals surface area contributed by atoms with Crippen molar-refractivity contribution in [2.45, 2.75) is 25.4 Å². The Balaban J connectivity index is 2.74. The third-order valence-corrected chi connectivity index (χ3v) is 3.71. The number of hydrogen-bond acceptors (Lipinski definition) is 4. The van der Waals surface area contributed by atoms with Gasteiger partial charge in [-0.2, -0.15) is 0 Å². The number of thiocarbonyl (C=S) groups is 1. The molecule has 1 aromatic rings. The van der Waals surface area contributed by atoms with E-state index in [9.17, 15) is 14.7 Å². The standard InChI is InChI=1S/C15H21N3O3S/c1-15(2,14(22)17-11(9-19)13(21)16-3)18-12(20)10-7-5-4-6-8-10/h4-8,11,19H,9H2,1-3H3,(H,16,21)(H,17,22)(H,18,20)/t11-/m0/s1.